The van der Waals surface area contributed by atoms with Crippen LogP contribution in [0.25, 0.3) is 0 Å². The molecular weight excluding hydrogens is 200 g/mol. The quantitative estimate of drug-likeness (QED) is 0.761. The first-order valence-corrected chi connectivity index (χ1v) is 5.97. The largest absolute Gasteiger partial charge is 0.352 e. The lowest BCUT2D eigenvalue weighted by atomic mass is 9.91. The first-order chi connectivity index (χ1) is 7.62. The molecule has 2 heteroatoms. The first kappa shape index (κ1) is 11.6. The standard InChI is InChI=1S/C14H20O2/c1-11(2)13-15-10-9-14(3,16-13)12-7-5-4-6-8-12/h4-8,11,13H,9-10H2,1-3H3. The Kier molecular flexibility index (Phi) is 3.31. The van der Waals surface area contributed by atoms with Crippen LogP contribution in [0.5, 0.6) is 0 Å². The van der Waals surface area contributed by atoms with E-state index in [-0.39, 0.29) is 11.9 Å². The Hall–Kier alpha value is -0.860. The topological polar surface area (TPSA) is 18.5 Å². The molecule has 1 heterocycles. The molecule has 0 bridgehead atoms. The molecule has 0 aromatic heterocycles. The highest BCUT2D eigenvalue weighted by Gasteiger charge is 2.36. The van der Waals surface area contributed by atoms with Gasteiger partial charge in [0.15, 0.2) is 6.29 Å². The van der Waals surface area contributed by atoms with Crippen molar-refractivity contribution in [3.8, 4) is 0 Å². The first-order valence-electron chi connectivity index (χ1n) is 5.97. The van der Waals surface area contributed by atoms with Crippen molar-refractivity contribution in [3.63, 3.8) is 0 Å². The van der Waals surface area contributed by atoms with E-state index in [0.29, 0.717) is 5.92 Å². The van der Waals surface area contributed by atoms with E-state index in [2.05, 4.69) is 45.0 Å². The molecule has 1 aliphatic heterocycles. The SMILES string of the molecule is CC(C)C1OCCC(C)(c2ccccc2)O1. The van der Waals surface area contributed by atoms with Crippen molar-refractivity contribution < 1.29 is 9.47 Å². The molecule has 2 atom stereocenters. The Bertz CT molecular complexity index is 334. The number of rotatable bonds is 2. The van der Waals surface area contributed by atoms with Gasteiger partial charge in [-0.1, -0.05) is 44.2 Å². The van der Waals surface area contributed by atoms with Crippen LogP contribution in [-0.4, -0.2) is 12.9 Å². The van der Waals surface area contributed by atoms with Crippen molar-refractivity contribution in [2.24, 2.45) is 5.92 Å². The van der Waals surface area contributed by atoms with Crippen LogP contribution in [0, 0.1) is 5.92 Å². The summed E-state index contributed by atoms with van der Waals surface area (Å²) in [6.45, 7) is 7.18. The summed E-state index contributed by atoms with van der Waals surface area (Å²) in [6, 6.07) is 10.4. The minimum atomic E-state index is -0.200. The van der Waals surface area contributed by atoms with Gasteiger partial charge in [-0.3, -0.25) is 0 Å². The van der Waals surface area contributed by atoms with Crippen molar-refractivity contribution in [1.29, 1.82) is 0 Å². The lowest BCUT2D eigenvalue weighted by Crippen LogP contribution is -2.41. The van der Waals surface area contributed by atoms with E-state index < -0.39 is 0 Å². The van der Waals surface area contributed by atoms with Crippen molar-refractivity contribution in [3.05, 3.63) is 35.9 Å². The number of hydrogen-bond acceptors (Lipinski definition) is 2. The lowest BCUT2D eigenvalue weighted by Gasteiger charge is -2.40. The fourth-order valence-corrected chi connectivity index (χ4v) is 2.05. The van der Waals surface area contributed by atoms with Crippen LogP contribution in [0.15, 0.2) is 30.3 Å². The Labute approximate surface area is 97.6 Å². The number of ether oxygens (including phenoxy) is 2. The van der Waals surface area contributed by atoms with Gasteiger partial charge >= 0.3 is 0 Å². The van der Waals surface area contributed by atoms with Crippen molar-refractivity contribution in [1.82, 2.24) is 0 Å². The van der Waals surface area contributed by atoms with E-state index in [4.69, 9.17) is 9.47 Å². The smallest absolute Gasteiger partial charge is 0.161 e. The van der Waals surface area contributed by atoms with E-state index in [0.717, 1.165) is 13.0 Å². The van der Waals surface area contributed by atoms with Gasteiger partial charge in [0.1, 0.15) is 0 Å². The van der Waals surface area contributed by atoms with Crippen LogP contribution in [-0.2, 0) is 15.1 Å². The maximum atomic E-state index is 6.10. The Balaban J connectivity index is 2.19. The minimum absolute atomic E-state index is 0.0843. The molecule has 0 radical (unpaired) electrons. The van der Waals surface area contributed by atoms with E-state index in [1.54, 1.807) is 0 Å². The third kappa shape index (κ3) is 2.28. The summed E-state index contributed by atoms with van der Waals surface area (Å²) in [5, 5.41) is 0. The molecule has 0 saturated carbocycles. The van der Waals surface area contributed by atoms with Gasteiger partial charge in [0.25, 0.3) is 0 Å². The second-order valence-electron chi connectivity index (χ2n) is 4.95. The van der Waals surface area contributed by atoms with E-state index in [1.165, 1.54) is 5.56 Å². The molecule has 0 spiro atoms. The molecule has 88 valence electrons. The number of hydrogen-bond donors (Lipinski definition) is 0. The Morgan fingerprint density at radius 2 is 1.94 bits per heavy atom. The predicted molar refractivity (Wildman–Crippen MR) is 64.1 cm³/mol. The highest BCUT2D eigenvalue weighted by Crippen LogP contribution is 2.35. The van der Waals surface area contributed by atoms with Crippen LogP contribution in [0.2, 0.25) is 0 Å². The third-order valence-electron chi connectivity index (χ3n) is 3.17. The van der Waals surface area contributed by atoms with E-state index in [9.17, 15) is 0 Å². The summed E-state index contributed by atoms with van der Waals surface area (Å²) >= 11 is 0. The zero-order valence-corrected chi connectivity index (χ0v) is 10.3. The maximum Gasteiger partial charge on any atom is 0.161 e. The van der Waals surface area contributed by atoms with Crippen molar-refractivity contribution in [2.45, 2.75) is 39.1 Å². The van der Waals surface area contributed by atoms with Gasteiger partial charge in [-0.05, 0) is 12.5 Å². The van der Waals surface area contributed by atoms with Crippen LogP contribution < -0.4 is 0 Å². The molecular formula is C14H20O2. The fraction of sp³-hybridized carbons (Fsp3) is 0.571. The Morgan fingerprint density at radius 1 is 1.25 bits per heavy atom. The zero-order valence-electron chi connectivity index (χ0n) is 10.3. The highest BCUT2D eigenvalue weighted by molar-refractivity contribution is 5.22. The minimum Gasteiger partial charge on any atom is -0.352 e. The summed E-state index contributed by atoms with van der Waals surface area (Å²) < 4.78 is 11.7. The van der Waals surface area contributed by atoms with E-state index in [1.807, 2.05) is 6.07 Å². The molecule has 1 aromatic carbocycles. The van der Waals surface area contributed by atoms with Gasteiger partial charge in [0, 0.05) is 12.3 Å². The average Bonchev–Trinajstić information content (AvgIpc) is 2.30. The summed E-state index contributed by atoms with van der Waals surface area (Å²) in [5.74, 6) is 0.392. The second-order valence-corrected chi connectivity index (χ2v) is 4.95. The summed E-state index contributed by atoms with van der Waals surface area (Å²) in [5.41, 5.74) is 1.04. The third-order valence-corrected chi connectivity index (χ3v) is 3.17. The molecule has 1 aliphatic rings. The Morgan fingerprint density at radius 3 is 2.56 bits per heavy atom. The molecule has 1 fully saturated rings. The zero-order chi connectivity index (χ0) is 11.6. The molecule has 0 amide bonds. The van der Waals surface area contributed by atoms with Gasteiger partial charge in [0.05, 0.1) is 12.2 Å². The normalized spacial score (nSPS) is 30.6. The molecule has 2 unspecified atom stereocenters. The summed E-state index contributed by atoms with van der Waals surface area (Å²) in [7, 11) is 0. The molecule has 2 rings (SSSR count). The monoisotopic (exact) mass is 220 g/mol. The molecule has 0 aliphatic carbocycles. The maximum absolute atomic E-state index is 6.10. The van der Waals surface area contributed by atoms with Crippen LogP contribution in [0.3, 0.4) is 0 Å². The molecule has 1 aromatic rings. The predicted octanol–water partition coefficient (Wildman–Crippen LogP) is 3.32. The van der Waals surface area contributed by atoms with Gasteiger partial charge in [-0.2, -0.15) is 0 Å². The molecule has 0 N–H and O–H groups in total. The van der Waals surface area contributed by atoms with E-state index >= 15 is 0 Å². The lowest BCUT2D eigenvalue weighted by molar-refractivity contribution is -0.271. The second kappa shape index (κ2) is 4.56. The highest BCUT2D eigenvalue weighted by atomic mass is 16.7. The van der Waals surface area contributed by atoms with Crippen LogP contribution >= 0.6 is 0 Å². The molecule has 2 nitrogen and oxygen atoms in total. The fourth-order valence-electron chi connectivity index (χ4n) is 2.05. The summed E-state index contributed by atoms with van der Waals surface area (Å²) in [6.07, 6.45) is 0.833. The summed E-state index contributed by atoms with van der Waals surface area (Å²) in [4.78, 5) is 0. The molecule has 16 heavy (non-hydrogen) atoms. The van der Waals surface area contributed by atoms with Crippen LogP contribution in [0.1, 0.15) is 32.8 Å². The number of benzene rings is 1. The van der Waals surface area contributed by atoms with Gasteiger partial charge < -0.3 is 9.47 Å². The van der Waals surface area contributed by atoms with Crippen molar-refractivity contribution in [2.75, 3.05) is 6.61 Å². The average molecular weight is 220 g/mol. The van der Waals surface area contributed by atoms with Gasteiger partial charge in [0.2, 0.25) is 0 Å². The molecule has 1 saturated heterocycles. The van der Waals surface area contributed by atoms with Gasteiger partial charge in [-0.15, -0.1) is 0 Å². The van der Waals surface area contributed by atoms with Crippen molar-refractivity contribution >= 4 is 0 Å². The van der Waals surface area contributed by atoms with Gasteiger partial charge in [-0.25, -0.2) is 0 Å². The van der Waals surface area contributed by atoms with Crippen LogP contribution in [0.4, 0.5) is 0 Å².